The van der Waals surface area contributed by atoms with Gasteiger partial charge in [0.2, 0.25) is 5.91 Å². The molecule has 1 aromatic heterocycles. The molecule has 1 aromatic carbocycles. The first-order valence-corrected chi connectivity index (χ1v) is 9.10. The number of fused-ring (bicyclic) bond motifs is 1. The molecule has 3 rings (SSSR count). The molecule has 1 amide bonds. The number of ketones is 1. The van der Waals surface area contributed by atoms with Crippen LogP contribution in [0.2, 0.25) is 0 Å². The fourth-order valence-electron chi connectivity index (χ4n) is 2.90. The largest absolute Gasteiger partial charge is 0.454 e. The molecule has 0 saturated carbocycles. The van der Waals surface area contributed by atoms with Crippen LogP contribution in [0.15, 0.2) is 29.6 Å². The molecule has 2 aromatic rings. The Kier molecular flexibility index (Phi) is 5.28. The van der Waals surface area contributed by atoms with Gasteiger partial charge in [0.25, 0.3) is 0 Å². The monoisotopic (exact) mass is 357 g/mol. The number of carbonyl (C=O) groups is 3. The number of aryl methyl sites for hydroxylation is 1. The highest BCUT2D eigenvalue weighted by Crippen LogP contribution is 2.30. The number of Topliss-reactive ketones (excluding diaryl/α,β-unsaturated/α-hetero) is 1. The topological polar surface area (TPSA) is 72.5 Å². The van der Waals surface area contributed by atoms with Crippen LogP contribution in [0.5, 0.6) is 0 Å². The maximum atomic E-state index is 12.3. The van der Waals surface area contributed by atoms with Crippen LogP contribution in [0, 0.1) is 0 Å². The second-order valence-corrected chi connectivity index (χ2v) is 6.98. The fourth-order valence-corrected chi connectivity index (χ4v) is 4.02. The van der Waals surface area contributed by atoms with Crippen molar-refractivity contribution in [3.63, 3.8) is 0 Å². The normalized spacial score (nSPS) is 13.0. The number of hydrogen-bond donors (Lipinski definition) is 1. The van der Waals surface area contributed by atoms with Gasteiger partial charge < -0.3 is 10.1 Å². The number of ether oxygens (including phenoxy) is 1. The van der Waals surface area contributed by atoms with E-state index in [9.17, 15) is 14.4 Å². The summed E-state index contributed by atoms with van der Waals surface area (Å²) in [4.78, 5) is 36.7. The average molecular weight is 357 g/mol. The van der Waals surface area contributed by atoms with E-state index in [4.69, 9.17) is 4.74 Å². The summed E-state index contributed by atoms with van der Waals surface area (Å²) in [6, 6.07) is 6.50. The maximum absolute atomic E-state index is 12.3. The summed E-state index contributed by atoms with van der Waals surface area (Å²) in [7, 11) is 0. The van der Waals surface area contributed by atoms with Gasteiger partial charge in [-0.15, -0.1) is 11.3 Å². The van der Waals surface area contributed by atoms with Crippen molar-refractivity contribution >= 4 is 34.7 Å². The minimum Gasteiger partial charge on any atom is -0.454 e. The van der Waals surface area contributed by atoms with Crippen molar-refractivity contribution < 1.29 is 19.1 Å². The number of esters is 1. The Morgan fingerprint density at radius 1 is 1.12 bits per heavy atom. The lowest BCUT2D eigenvalue weighted by Crippen LogP contribution is -2.15. The van der Waals surface area contributed by atoms with Crippen molar-refractivity contribution in [1.29, 1.82) is 0 Å². The summed E-state index contributed by atoms with van der Waals surface area (Å²) < 4.78 is 5.21. The molecule has 1 N–H and O–H groups in total. The van der Waals surface area contributed by atoms with Gasteiger partial charge in [0, 0.05) is 28.4 Å². The predicted octanol–water partition coefficient (Wildman–Crippen LogP) is 3.63. The highest BCUT2D eigenvalue weighted by atomic mass is 32.1. The third-order valence-electron chi connectivity index (χ3n) is 4.14. The van der Waals surface area contributed by atoms with Crippen molar-refractivity contribution in [2.45, 2.75) is 32.6 Å². The molecule has 5 nitrogen and oxygen atoms in total. The zero-order chi connectivity index (χ0) is 17.8. The number of nitrogens with one attached hydrogen (secondary N) is 1. The number of rotatable bonds is 5. The second-order valence-electron chi connectivity index (χ2n) is 6.02. The summed E-state index contributed by atoms with van der Waals surface area (Å²) in [5.41, 5.74) is 2.75. The number of hydrogen-bond acceptors (Lipinski definition) is 5. The van der Waals surface area contributed by atoms with Gasteiger partial charge in [-0.3, -0.25) is 9.59 Å². The van der Waals surface area contributed by atoms with E-state index < -0.39 is 5.97 Å². The molecule has 0 radical (unpaired) electrons. The smallest absolute Gasteiger partial charge is 0.339 e. The second kappa shape index (κ2) is 7.61. The summed E-state index contributed by atoms with van der Waals surface area (Å²) in [5, 5.41) is 4.47. The van der Waals surface area contributed by atoms with Crippen LogP contribution >= 0.6 is 11.3 Å². The Labute approximate surface area is 150 Å². The van der Waals surface area contributed by atoms with Gasteiger partial charge in [-0.1, -0.05) is 0 Å². The third kappa shape index (κ3) is 4.14. The average Bonchev–Trinajstić information content (AvgIpc) is 3.03. The molecule has 25 heavy (non-hydrogen) atoms. The van der Waals surface area contributed by atoms with E-state index in [1.807, 2.05) is 5.38 Å². The lowest BCUT2D eigenvalue weighted by molar-refractivity contribution is -0.114. The summed E-state index contributed by atoms with van der Waals surface area (Å²) >= 11 is 1.60. The number of carbonyl (C=O) groups excluding carboxylic acids is 3. The first kappa shape index (κ1) is 17.4. The standard InChI is InChI=1S/C19H19NO4S/c1-12(21)20-14-8-6-13(7-9-14)17(22)10-24-19(23)16-11-25-18-5-3-2-4-15(16)18/h6-9,11H,2-5,10H2,1H3,(H,20,21). The molecule has 0 aliphatic heterocycles. The molecule has 0 spiro atoms. The number of thiophene rings is 1. The minimum absolute atomic E-state index is 0.174. The van der Waals surface area contributed by atoms with Gasteiger partial charge in [0.05, 0.1) is 5.56 Å². The van der Waals surface area contributed by atoms with Crippen LogP contribution in [-0.4, -0.2) is 24.3 Å². The van der Waals surface area contributed by atoms with E-state index in [1.165, 1.54) is 11.8 Å². The molecule has 0 saturated heterocycles. The number of amides is 1. The van der Waals surface area contributed by atoms with Crippen LogP contribution in [-0.2, 0) is 22.4 Å². The van der Waals surface area contributed by atoms with Gasteiger partial charge >= 0.3 is 5.97 Å². The highest BCUT2D eigenvalue weighted by Gasteiger charge is 2.21. The molecule has 0 atom stereocenters. The zero-order valence-electron chi connectivity index (χ0n) is 14.0. The van der Waals surface area contributed by atoms with Gasteiger partial charge in [-0.2, -0.15) is 0 Å². The first-order valence-electron chi connectivity index (χ1n) is 8.22. The minimum atomic E-state index is -0.428. The quantitative estimate of drug-likeness (QED) is 0.655. The zero-order valence-corrected chi connectivity index (χ0v) is 14.8. The van der Waals surface area contributed by atoms with Crippen LogP contribution in [0.1, 0.15) is 50.9 Å². The fraction of sp³-hybridized carbons (Fsp3) is 0.316. The van der Waals surface area contributed by atoms with E-state index in [0.29, 0.717) is 16.8 Å². The third-order valence-corrected chi connectivity index (χ3v) is 5.23. The van der Waals surface area contributed by atoms with Crippen molar-refractivity contribution in [1.82, 2.24) is 0 Å². The van der Waals surface area contributed by atoms with Crippen molar-refractivity contribution in [2.24, 2.45) is 0 Å². The Hall–Kier alpha value is -2.47. The highest BCUT2D eigenvalue weighted by molar-refractivity contribution is 7.10. The lowest BCUT2D eigenvalue weighted by atomic mass is 9.96. The first-order chi connectivity index (χ1) is 12.0. The Bertz CT molecular complexity index is 807. The molecule has 0 unspecified atom stereocenters. The molecule has 0 fully saturated rings. The van der Waals surface area contributed by atoms with E-state index in [-0.39, 0.29) is 18.3 Å². The van der Waals surface area contributed by atoms with E-state index in [0.717, 1.165) is 31.2 Å². The van der Waals surface area contributed by atoms with Crippen LogP contribution in [0.3, 0.4) is 0 Å². The summed E-state index contributed by atoms with van der Waals surface area (Å²) in [6.07, 6.45) is 4.17. The van der Waals surface area contributed by atoms with Crippen LogP contribution in [0.4, 0.5) is 5.69 Å². The van der Waals surface area contributed by atoms with Gasteiger partial charge in [-0.25, -0.2) is 4.79 Å². The molecule has 1 aliphatic rings. The SMILES string of the molecule is CC(=O)Nc1ccc(C(=O)COC(=O)c2csc3c2CCCC3)cc1. The Morgan fingerprint density at radius 2 is 1.84 bits per heavy atom. The Balaban J connectivity index is 1.59. The Morgan fingerprint density at radius 3 is 2.56 bits per heavy atom. The molecular formula is C19H19NO4S. The molecule has 6 heteroatoms. The van der Waals surface area contributed by atoms with Crippen molar-refractivity contribution in [3.8, 4) is 0 Å². The van der Waals surface area contributed by atoms with Gasteiger partial charge in [-0.05, 0) is 55.5 Å². The maximum Gasteiger partial charge on any atom is 0.339 e. The molecule has 130 valence electrons. The van der Waals surface area contributed by atoms with Gasteiger partial charge in [0.15, 0.2) is 12.4 Å². The molecular weight excluding hydrogens is 338 g/mol. The van der Waals surface area contributed by atoms with Crippen LogP contribution in [0.25, 0.3) is 0 Å². The lowest BCUT2D eigenvalue weighted by Gasteiger charge is -2.12. The van der Waals surface area contributed by atoms with Crippen LogP contribution < -0.4 is 5.32 Å². The van der Waals surface area contributed by atoms with E-state index in [2.05, 4.69) is 5.32 Å². The number of benzene rings is 1. The van der Waals surface area contributed by atoms with Crippen molar-refractivity contribution in [3.05, 3.63) is 51.2 Å². The summed E-state index contributed by atoms with van der Waals surface area (Å²) in [5.74, 6) is -0.874. The molecule has 1 aliphatic carbocycles. The van der Waals surface area contributed by atoms with E-state index >= 15 is 0 Å². The predicted molar refractivity (Wildman–Crippen MR) is 96.3 cm³/mol. The molecule has 0 bridgehead atoms. The van der Waals surface area contributed by atoms with Crippen molar-refractivity contribution in [2.75, 3.05) is 11.9 Å². The number of anilines is 1. The van der Waals surface area contributed by atoms with Gasteiger partial charge in [0.1, 0.15) is 0 Å². The summed E-state index contributed by atoms with van der Waals surface area (Å²) in [6.45, 7) is 1.13. The molecule has 1 heterocycles. The van der Waals surface area contributed by atoms with E-state index in [1.54, 1.807) is 35.6 Å².